The molecule has 0 aliphatic carbocycles. The Morgan fingerprint density at radius 2 is 1.92 bits per heavy atom. The monoisotopic (exact) mass is 345 g/mol. The van der Waals surface area contributed by atoms with Gasteiger partial charge in [0.2, 0.25) is 5.91 Å². The van der Waals surface area contributed by atoms with Crippen molar-refractivity contribution in [2.45, 2.75) is 32.1 Å². The van der Waals surface area contributed by atoms with Crippen LogP contribution >= 0.6 is 0 Å². The first-order chi connectivity index (χ1) is 12.0. The van der Waals surface area contributed by atoms with Crippen molar-refractivity contribution in [2.75, 3.05) is 32.1 Å². The van der Waals surface area contributed by atoms with E-state index in [4.69, 9.17) is 10.2 Å². The average molecular weight is 345 g/mol. The lowest BCUT2D eigenvalue weighted by Gasteiger charge is -2.13. The van der Waals surface area contributed by atoms with Gasteiger partial charge in [-0.3, -0.25) is 4.79 Å². The van der Waals surface area contributed by atoms with Crippen LogP contribution < -0.4 is 21.6 Å². The zero-order valence-corrected chi connectivity index (χ0v) is 15.0. The van der Waals surface area contributed by atoms with Crippen LogP contribution in [0.3, 0.4) is 0 Å². The van der Waals surface area contributed by atoms with Crippen LogP contribution in [0.4, 0.5) is 5.69 Å². The van der Waals surface area contributed by atoms with Crippen LogP contribution in [0.2, 0.25) is 0 Å². The molecular formula is C19H27N3O3. The Balaban J connectivity index is 2.02. The van der Waals surface area contributed by atoms with Crippen molar-refractivity contribution in [3.63, 3.8) is 0 Å². The summed E-state index contributed by atoms with van der Waals surface area (Å²) in [5, 5.41) is 3.71. The Bertz CT molecular complexity index is 768. The largest absolute Gasteiger partial charge is 0.423 e. The van der Waals surface area contributed by atoms with Crippen LogP contribution in [0.5, 0.6) is 0 Å². The molecule has 0 aliphatic heterocycles. The van der Waals surface area contributed by atoms with Crippen molar-refractivity contribution < 1.29 is 9.21 Å². The van der Waals surface area contributed by atoms with Crippen molar-refractivity contribution in [3.05, 3.63) is 40.2 Å². The minimum absolute atomic E-state index is 0.0811. The van der Waals surface area contributed by atoms with E-state index in [-0.39, 0.29) is 12.3 Å². The third-order valence-corrected chi connectivity index (χ3v) is 4.13. The van der Waals surface area contributed by atoms with E-state index in [9.17, 15) is 9.59 Å². The number of hydrogen-bond donors (Lipinski definition) is 2. The number of rotatable bonds is 9. The van der Waals surface area contributed by atoms with E-state index in [1.54, 1.807) is 0 Å². The second-order valence-corrected chi connectivity index (χ2v) is 6.40. The summed E-state index contributed by atoms with van der Waals surface area (Å²) in [5.41, 5.74) is 7.15. The number of carbonyl (C=O) groups is 1. The van der Waals surface area contributed by atoms with E-state index in [1.165, 1.54) is 6.07 Å². The molecule has 0 radical (unpaired) electrons. The van der Waals surface area contributed by atoms with Crippen molar-refractivity contribution in [2.24, 2.45) is 5.73 Å². The Labute approximate surface area is 148 Å². The number of anilines is 1. The first-order valence-electron chi connectivity index (χ1n) is 8.72. The second-order valence-electron chi connectivity index (χ2n) is 6.40. The van der Waals surface area contributed by atoms with Gasteiger partial charge in [-0.05, 0) is 37.1 Å². The standard InChI is InChI=1S/C19H27N3O3/c1-22(2)15-7-8-16-14(12-19(24)25-17(16)13-15)11-18(23)21-10-6-4-3-5-9-20/h7-8,12-13H,3-6,9-11,20H2,1-2H3,(H,21,23). The molecule has 0 aliphatic rings. The highest BCUT2D eigenvalue weighted by Gasteiger charge is 2.11. The van der Waals surface area contributed by atoms with Gasteiger partial charge in [0.05, 0.1) is 6.42 Å². The zero-order valence-electron chi connectivity index (χ0n) is 15.0. The summed E-state index contributed by atoms with van der Waals surface area (Å²) in [6.45, 7) is 1.36. The van der Waals surface area contributed by atoms with Crippen LogP contribution in [0.25, 0.3) is 11.0 Å². The van der Waals surface area contributed by atoms with Crippen LogP contribution in [0.1, 0.15) is 31.2 Å². The molecular weight excluding hydrogens is 318 g/mol. The van der Waals surface area contributed by atoms with Gasteiger partial charge in [0.15, 0.2) is 0 Å². The molecule has 1 aromatic heterocycles. The van der Waals surface area contributed by atoms with Crippen molar-refractivity contribution in [3.8, 4) is 0 Å². The predicted octanol–water partition coefficient (Wildman–Crippen LogP) is 2.04. The average Bonchev–Trinajstić information content (AvgIpc) is 2.57. The number of amides is 1. The fourth-order valence-corrected chi connectivity index (χ4v) is 2.73. The minimum atomic E-state index is -0.437. The number of nitrogens with zero attached hydrogens (tertiary/aromatic N) is 1. The lowest BCUT2D eigenvalue weighted by molar-refractivity contribution is -0.120. The Morgan fingerprint density at radius 3 is 2.64 bits per heavy atom. The molecule has 136 valence electrons. The molecule has 6 heteroatoms. The van der Waals surface area contributed by atoms with Gasteiger partial charge in [-0.1, -0.05) is 12.8 Å². The maximum atomic E-state index is 12.2. The molecule has 1 aromatic carbocycles. The molecule has 0 spiro atoms. The molecule has 1 heterocycles. The van der Waals surface area contributed by atoms with Crippen LogP contribution in [-0.4, -0.2) is 33.1 Å². The quantitative estimate of drug-likeness (QED) is 0.536. The number of benzene rings is 1. The molecule has 0 saturated carbocycles. The number of fused-ring (bicyclic) bond motifs is 1. The lowest BCUT2D eigenvalue weighted by atomic mass is 10.1. The third-order valence-electron chi connectivity index (χ3n) is 4.13. The molecule has 0 unspecified atom stereocenters. The second kappa shape index (κ2) is 9.22. The van der Waals surface area contributed by atoms with Crippen LogP contribution in [0, 0.1) is 0 Å². The SMILES string of the molecule is CN(C)c1ccc2c(CC(=O)NCCCCCCN)cc(=O)oc2c1. The highest BCUT2D eigenvalue weighted by Crippen LogP contribution is 2.23. The highest BCUT2D eigenvalue weighted by molar-refractivity contribution is 5.88. The maximum Gasteiger partial charge on any atom is 0.336 e. The van der Waals surface area contributed by atoms with Gasteiger partial charge in [0.1, 0.15) is 5.58 Å². The molecule has 0 bridgehead atoms. The summed E-state index contributed by atoms with van der Waals surface area (Å²) in [6.07, 6.45) is 4.28. The van der Waals surface area contributed by atoms with Gasteiger partial charge in [-0.15, -0.1) is 0 Å². The van der Waals surface area contributed by atoms with Gasteiger partial charge in [-0.25, -0.2) is 4.79 Å². The Hall–Kier alpha value is -2.34. The van der Waals surface area contributed by atoms with Gasteiger partial charge >= 0.3 is 5.63 Å². The van der Waals surface area contributed by atoms with Gasteiger partial charge < -0.3 is 20.4 Å². The Kier molecular flexibility index (Phi) is 7.01. The number of nitrogens with one attached hydrogen (secondary N) is 1. The molecule has 0 fully saturated rings. The third kappa shape index (κ3) is 5.60. The Morgan fingerprint density at radius 1 is 1.16 bits per heavy atom. The normalized spacial score (nSPS) is 10.8. The van der Waals surface area contributed by atoms with Crippen LogP contribution in [-0.2, 0) is 11.2 Å². The van der Waals surface area contributed by atoms with E-state index >= 15 is 0 Å². The van der Waals surface area contributed by atoms with Crippen molar-refractivity contribution in [1.29, 1.82) is 0 Å². The molecule has 2 rings (SSSR count). The van der Waals surface area contributed by atoms with Crippen LogP contribution in [0.15, 0.2) is 33.5 Å². The number of unbranched alkanes of at least 4 members (excludes halogenated alkanes) is 3. The topological polar surface area (TPSA) is 88.6 Å². The molecule has 0 atom stereocenters. The number of hydrogen-bond acceptors (Lipinski definition) is 5. The maximum absolute atomic E-state index is 12.2. The van der Waals surface area contributed by atoms with Gasteiger partial charge in [-0.2, -0.15) is 0 Å². The van der Waals surface area contributed by atoms with Gasteiger partial charge in [0, 0.05) is 43.8 Å². The van der Waals surface area contributed by atoms with E-state index in [0.29, 0.717) is 24.2 Å². The van der Waals surface area contributed by atoms with E-state index in [0.717, 1.165) is 36.8 Å². The first-order valence-corrected chi connectivity index (χ1v) is 8.72. The number of carbonyl (C=O) groups excluding carboxylic acids is 1. The predicted molar refractivity (Wildman–Crippen MR) is 101 cm³/mol. The van der Waals surface area contributed by atoms with Crippen molar-refractivity contribution in [1.82, 2.24) is 5.32 Å². The smallest absolute Gasteiger partial charge is 0.336 e. The van der Waals surface area contributed by atoms with E-state index < -0.39 is 5.63 Å². The zero-order chi connectivity index (χ0) is 18.2. The fraction of sp³-hybridized carbons (Fsp3) is 0.474. The summed E-state index contributed by atoms with van der Waals surface area (Å²) in [4.78, 5) is 25.9. The molecule has 0 saturated heterocycles. The summed E-state index contributed by atoms with van der Waals surface area (Å²) < 4.78 is 5.29. The summed E-state index contributed by atoms with van der Waals surface area (Å²) >= 11 is 0. The van der Waals surface area contributed by atoms with Crippen molar-refractivity contribution >= 4 is 22.6 Å². The molecule has 2 aromatic rings. The van der Waals surface area contributed by atoms with E-state index in [2.05, 4.69) is 5.32 Å². The molecule has 1 amide bonds. The fourth-order valence-electron chi connectivity index (χ4n) is 2.73. The molecule has 3 N–H and O–H groups in total. The first kappa shape index (κ1) is 19.0. The summed E-state index contributed by atoms with van der Waals surface area (Å²) in [6, 6.07) is 7.05. The summed E-state index contributed by atoms with van der Waals surface area (Å²) in [5.74, 6) is -0.0811. The number of nitrogens with two attached hydrogens (primary N) is 1. The van der Waals surface area contributed by atoms with Gasteiger partial charge in [0.25, 0.3) is 0 Å². The molecule has 25 heavy (non-hydrogen) atoms. The van der Waals surface area contributed by atoms with E-state index in [1.807, 2.05) is 37.2 Å². The highest BCUT2D eigenvalue weighted by atomic mass is 16.4. The summed E-state index contributed by atoms with van der Waals surface area (Å²) in [7, 11) is 3.84. The molecule has 6 nitrogen and oxygen atoms in total. The minimum Gasteiger partial charge on any atom is -0.423 e. The lowest BCUT2D eigenvalue weighted by Crippen LogP contribution is -2.26.